The van der Waals surface area contributed by atoms with E-state index in [1.165, 1.54) is 17.7 Å². The van der Waals surface area contributed by atoms with Crippen molar-refractivity contribution in [2.24, 2.45) is 5.92 Å². The zero-order valence-electron chi connectivity index (χ0n) is 19.2. The molecule has 34 heavy (non-hydrogen) atoms. The summed E-state index contributed by atoms with van der Waals surface area (Å²) in [7, 11) is 0. The van der Waals surface area contributed by atoms with E-state index in [4.69, 9.17) is 0 Å². The number of rotatable bonds is 8. The minimum absolute atomic E-state index is 0.0169. The van der Waals surface area contributed by atoms with Crippen molar-refractivity contribution in [1.29, 1.82) is 0 Å². The van der Waals surface area contributed by atoms with Gasteiger partial charge in [-0.1, -0.05) is 60.7 Å². The second-order valence-corrected chi connectivity index (χ2v) is 8.76. The van der Waals surface area contributed by atoms with Crippen LogP contribution in [0.15, 0.2) is 78.9 Å². The van der Waals surface area contributed by atoms with Gasteiger partial charge in [-0.05, 0) is 67.2 Å². The molecule has 176 valence electrons. The van der Waals surface area contributed by atoms with Gasteiger partial charge in [0.25, 0.3) is 0 Å². The first kappa shape index (κ1) is 23.6. The Kier molecular flexibility index (Phi) is 8.04. The number of hydrogen-bond acceptors (Lipinski definition) is 3. The van der Waals surface area contributed by atoms with Crippen molar-refractivity contribution in [3.8, 4) is 0 Å². The Balaban J connectivity index is 1.22. The number of anilines is 1. The number of piperidine rings is 1. The average molecular weight is 460 g/mol. The fraction of sp³-hybridized carbons (Fsp3) is 0.286. The van der Waals surface area contributed by atoms with E-state index in [1.54, 1.807) is 12.1 Å². The summed E-state index contributed by atoms with van der Waals surface area (Å²) < 4.78 is 13.0. The summed E-state index contributed by atoms with van der Waals surface area (Å²) in [4.78, 5) is 27.3. The van der Waals surface area contributed by atoms with Gasteiger partial charge < -0.3 is 10.6 Å². The summed E-state index contributed by atoms with van der Waals surface area (Å²) in [5.41, 5.74) is 3.99. The largest absolute Gasteiger partial charge is 0.352 e. The molecule has 1 fully saturated rings. The van der Waals surface area contributed by atoms with Gasteiger partial charge in [0.05, 0.1) is 6.54 Å². The van der Waals surface area contributed by atoms with Gasteiger partial charge in [-0.15, -0.1) is 0 Å². The molecular weight excluding hydrogens is 429 g/mol. The third kappa shape index (κ3) is 6.75. The maximum absolute atomic E-state index is 13.0. The molecule has 0 spiro atoms. The summed E-state index contributed by atoms with van der Waals surface area (Å²) in [6.45, 7) is 2.11. The number of likely N-dealkylation sites (tertiary alicyclic amines) is 1. The molecule has 2 amide bonds. The maximum atomic E-state index is 13.0. The minimum Gasteiger partial charge on any atom is -0.352 e. The van der Waals surface area contributed by atoms with Crippen LogP contribution in [0.1, 0.15) is 29.5 Å². The van der Waals surface area contributed by atoms with Crippen LogP contribution in [0, 0.1) is 11.7 Å². The van der Waals surface area contributed by atoms with Crippen LogP contribution in [-0.4, -0.2) is 36.3 Å². The molecule has 2 N–H and O–H groups in total. The lowest BCUT2D eigenvalue weighted by atomic mass is 9.96. The molecular formula is C28H30FN3O2. The van der Waals surface area contributed by atoms with E-state index in [0.717, 1.165) is 23.2 Å². The van der Waals surface area contributed by atoms with Crippen molar-refractivity contribution in [3.05, 3.63) is 101 Å². The van der Waals surface area contributed by atoms with Gasteiger partial charge in [0, 0.05) is 18.2 Å². The molecule has 1 aliphatic heterocycles. The third-order valence-corrected chi connectivity index (χ3v) is 6.23. The Morgan fingerprint density at radius 2 is 1.53 bits per heavy atom. The fourth-order valence-electron chi connectivity index (χ4n) is 4.29. The van der Waals surface area contributed by atoms with Crippen molar-refractivity contribution in [2.75, 3.05) is 25.0 Å². The topological polar surface area (TPSA) is 61.4 Å². The lowest BCUT2D eigenvalue weighted by Gasteiger charge is -2.30. The number of nitrogens with zero attached hydrogens (tertiary/aromatic N) is 1. The number of carbonyl (C=O) groups excluding carboxylic acids is 2. The summed E-state index contributed by atoms with van der Waals surface area (Å²) in [5.74, 6) is -0.375. The van der Waals surface area contributed by atoms with Crippen molar-refractivity contribution >= 4 is 17.5 Å². The first-order valence-corrected chi connectivity index (χ1v) is 11.7. The summed E-state index contributed by atoms with van der Waals surface area (Å²) >= 11 is 0. The van der Waals surface area contributed by atoms with E-state index in [-0.39, 0.29) is 23.5 Å². The standard InChI is InChI=1S/C28H30FN3O2/c29-25-12-10-22(11-13-25)19-30-28(34)23-14-16-32(17-15-23)20-27(33)31-26-9-5-4-8-24(26)18-21-6-2-1-3-7-21/h1-13,23H,14-20H2,(H,30,34)(H,31,33). The second kappa shape index (κ2) is 11.6. The van der Waals surface area contributed by atoms with Crippen LogP contribution in [-0.2, 0) is 22.6 Å². The molecule has 0 aliphatic carbocycles. The number of benzene rings is 3. The fourth-order valence-corrected chi connectivity index (χ4v) is 4.29. The predicted octanol–water partition coefficient (Wildman–Crippen LogP) is 4.38. The van der Waals surface area contributed by atoms with Gasteiger partial charge in [-0.25, -0.2) is 4.39 Å². The number of carbonyl (C=O) groups is 2. The lowest BCUT2D eigenvalue weighted by molar-refractivity contribution is -0.126. The second-order valence-electron chi connectivity index (χ2n) is 8.76. The summed E-state index contributed by atoms with van der Waals surface area (Å²) in [5, 5.41) is 6.01. The highest BCUT2D eigenvalue weighted by atomic mass is 19.1. The highest BCUT2D eigenvalue weighted by Gasteiger charge is 2.25. The average Bonchev–Trinajstić information content (AvgIpc) is 2.86. The number of halogens is 1. The molecule has 0 unspecified atom stereocenters. The molecule has 0 saturated carbocycles. The van der Waals surface area contributed by atoms with Gasteiger partial charge in [0.1, 0.15) is 5.82 Å². The molecule has 3 aromatic carbocycles. The molecule has 1 aliphatic rings. The Morgan fingerprint density at radius 3 is 2.26 bits per heavy atom. The van der Waals surface area contributed by atoms with E-state index in [0.29, 0.717) is 39.0 Å². The molecule has 1 heterocycles. The van der Waals surface area contributed by atoms with Crippen molar-refractivity contribution in [3.63, 3.8) is 0 Å². The van der Waals surface area contributed by atoms with Crippen molar-refractivity contribution in [2.45, 2.75) is 25.8 Å². The molecule has 0 bridgehead atoms. The Labute approximate surface area is 200 Å². The van der Waals surface area contributed by atoms with Gasteiger partial charge in [0.15, 0.2) is 0 Å². The zero-order chi connectivity index (χ0) is 23.8. The van der Waals surface area contributed by atoms with Crippen LogP contribution in [0.4, 0.5) is 10.1 Å². The number of para-hydroxylation sites is 1. The highest BCUT2D eigenvalue weighted by molar-refractivity contribution is 5.93. The SMILES string of the molecule is O=C(CN1CCC(C(=O)NCc2ccc(F)cc2)CC1)Nc1ccccc1Cc1ccccc1. The Hall–Kier alpha value is -3.51. The Morgan fingerprint density at radius 1 is 0.853 bits per heavy atom. The van der Waals surface area contributed by atoms with Gasteiger partial charge in [0.2, 0.25) is 11.8 Å². The molecule has 6 heteroatoms. The normalized spacial score (nSPS) is 14.5. The number of hydrogen-bond donors (Lipinski definition) is 2. The van der Waals surface area contributed by atoms with Gasteiger partial charge in [-0.2, -0.15) is 0 Å². The Bertz CT molecular complexity index is 1090. The third-order valence-electron chi connectivity index (χ3n) is 6.23. The summed E-state index contributed by atoms with van der Waals surface area (Å²) in [6.07, 6.45) is 2.19. The van der Waals surface area contributed by atoms with E-state index < -0.39 is 0 Å². The number of amides is 2. The van der Waals surface area contributed by atoms with Crippen molar-refractivity contribution < 1.29 is 14.0 Å². The molecule has 0 aromatic heterocycles. The van der Waals surface area contributed by atoms with Crippen LogP contribution in [0.25, 0.3) is 0 Å². The predicted molar refractivity (Wildman–Crippen MR) is 132 cm³/mol. The van der Waals surface area contributed by atoms with Crippen LogP contribution >= 0.6 is 0 Å². The van der Waals surface area contributed by atoms with Crippen LogP contribution in [0.3, 0.4) is 0 Å². The summed E-state index contributed by atoms with van der Waals surface area (Å²) in [6, 6.07) is 24.2. The van der Waals surface area contributed by atoms with Crippen LogP contribution in [0.5, 0.6) is 0 Å². The molecule has 1 saturated heterocycles. The van der Waals surface area contributed by atoms with Crippen LogP contribution < -0.4 is 10.6 Å². The first-order chi connectivity index (χ1) is 16.6. The van der Waals surface area contributed by atoms with Gasteiger partial charge in [-0.3, -0.25) is 14.5 Å². The molecule has 0 radical (unpaired) electrons. The van der Waals surface area contributed by atoms with E-state index in [1.807, 2.05) is 42.5 Å². The van der Waals surface area contributed by atoms with E-state index in [9.17, 15) is 14.0 Å². The first-order valence-electron chi connectivity index (χ1n) is 11.7. The molecule has 5 nitrogen and oxygen atoms in total. The molecule has 3 aromatic rings. The highest BCUT2D eigenvalue weighted by Crippen LogP contribution is 2.20. The quantitative estimate of drug-likeness (QED) is 0.526. The maximum Gasteiger partial charge on any atom is 0.238 e. The van der Waals surface area contributed by atoms with Gasteiger partial charge >= 0.3 is 0 Å². The van der Waals surface area contributed by atoms with Crippen molar-refractivity contribution in [1.82, 2.24) is 10.2 Å². The lowest BCUT2D eigenvalue weighted by Crippen LogP contribution is -2.43. The monoisotopic (exact) mass is 459 g/mol. The van der Waals surface area contributed by atoms with E-state index in [2.05, 4.69) is 27.7 Å². The minimum atomic E-state index is -0.286. The van der Waals surface area contributed by atoms with Crippen LogP contribution in [0.2, 0.25) is 0 Å². The number of nitrogens with one attached hydrogen (secondary N) is 2. The smallest absolute Gasteiger partial charge is 0.238 e. The molecule has 4 rings (SSSR count). The zero-order valence-corrected chi connectivity index (χ0v) is 19.2. The van der Waals surface area contributed by atoms with E-state index >= 15 is 0 Å². The molecule has 0 atom stereocenters.